The van der Waals surface area contributed by atoms with Crippen LogP contribution in [0.15, 0.2) is 16.7 Å². The minimum atomic E-state index is -0.484. The lowest BCUT2D eigenvalue weighted by Gasteiger charge is -2.14. The minimum absolute atomic E-state index is 0.333. The second-order valence-electron chi connectivity index (χ2n) is 4.03. The first-order chi connectivity index (χ1) is 9.08. The van der Waals surface area contributed by atoms with Gasteiger partial charge in [0.15, 0.2) is 5.65 Å². The van der Waals surface area contributed by atoms with E-state index in [2.05, 4.69) is 25.9 Å². The molecule has 0 saturated carbocycles. The lowest BCUT2D eigenvalue weighted by Crippen LogP contribution is -2.20. The number of methoxy groups -OCH3 is 1. The molecule has 0 bridgehead atoms. The Morgan fingerprint density at radius 2 is 2.37 bits per heavy atom. The highest BCUT2D eigenvalue weighted by Gasteiger charge is 2.22. The van der Waals surface area contributed by atoms with Crippen LogP contribution in [0.5, 0.6) is 0 Å². The van der Waals surface area contributed by atoms with Gasteiger partial charge in [-0.3, -0.25) is 4.57 Å². The number of carbonyl (C=O) groups is 1. The van der Waals surface area contributed by atoms with Gasteiger partial charge in [0.1, 0.15) is 17.4 Å². The van der Waals surface area contributed by atoms with Gasteiger partial charge in [0.2, 0.25) is 0 Å². The highest BCUT2D eigenvalue weighted by Crippen LogP contribution is 2.23. The summed E-state index contributed by atoms with van der Waals surface area (Å²) in [5.41, 5.74) is 1.38. The van der Waals surface area contributed by atoms with Gasteiger partial charge in [-0.2, -0.15) is 0 Å². The number of hydrogen-bond donors (Lipinski definition) is 0. The molecule has 0 aromatic carbocycles. The van der Waals surface area contributed by atoms with Crippen LogP contribution >= 0.6 is 27.5 Å². The SMILES string of the molecule is COC(=O)C(C)n1c(CCCl)nc2cc(Br)cnc21. The highest BCUT2D eigenvalue weighted by atomic mass is 79.9. The molecule has 0 radical (unpaired) electrons. The van der Waals surface area contributed by atoms with Gasteiger partial charge in [-0.25, -0.2) is 14.8 Å². The maximum atomic E-state index is 11.7. The first-order valence-corrected chi connectivity index (χ1v) is 7.07. The fraction of sp³-hybridized carbons (Fsp3) is 0.417. The number of fused-ring (bicyclic) bond motifs is 1. The number of aromatic nitrogens is 3. The number of pyridine rings is 1. The van der Waals surface area contributed by atoms with E-state index in [0.717, 1.165) is 15.8 Å². The molecular weight excluding hydrogens is 334 g/mol. The largest absolute Gasteiger partial charge is 0.467 e. The first-order valence-electron chi connectivity index (χ1n) is 5.74. The van der Waals surface area contributed by atoms with Crippen LogP contribution in [0.3, 0.4) is 0 Å². The molecule has 2 rings (SSSR count). The molecule has 0 aliphatic rings. The molecule has 0 N–H and O–H groups in total. The van der Waals surface area contributed by atoms with Crippen LogP contribution in [0.1, 0.15) is 18.8 Å². The number of hydrogen-bond acceptors (Lipinski definition) is 4. The van der Waals surface area contributed by atoms with Gasteiger partial charge in [-0.05, 0) is 28.9 Å². The van der Waals surface area contributed by atoms with Crippen LogP contribution in [0.2, 0.25) is 0 Å². The summed E-state index contributed by atoms with van der Waals surface area (Å²) in [7, 11) is 1.36. The van der Waals surface area contributed by atoms with E-state index in [4.69, 9.17) is 16.3 Å². The van der Waals surface area contributed by atoms with Gasteiger partial charge in [0.05, 0.1) is 7.11 Å². The molecule has 0 fully saturated rings. The van der Waals surface area contributed by atoms with Gasteiger partial charge in [0.25, 0.3) is 0 Å². The highest BCUT2D eigenvalue weighted by molar-refractivity contribution is 9.10. The average molecular weight is 347 g/mol. The van der Waals surface area contributed by atoms with Crippen LogP contribution in [-0.4, -0.2) is 33.5 Å². The lowest BCUT2D eigenvalue weighted by molar-refractivity contribution is -0.144. The number of aryl methyl sites for hydroxylation is 1. The van der Waals surface area contributed by atoms with Crippen molar-refractivity contribution in [2.45, 2.75) is 19.4 Å². The van der Waals surface area contributed by atoms with Crippen molar-refractivity contribution in [2.75, 3.05) is 13.0 Å². The van der Waals surface area contributed by atoms with Crippen molar-refractivity contribution in [2.24, 2.45) is 0 Å². The Morgan fingerprint density at radius 3 is 3.00 bits per heavy atom. The monoisotopic (exact) mass is 345 g/mol. The molecule has 0 amide bonds. The maximum Gasteiger partial charge on any atom is 0.328 e. The Hall–Kier alpha value is -1.14. The molecule has 2 aromatic rings. The Balaban J connectivity index is 2.61. The number of carbonyl (C=O) groups excluding carboxylic acids is 1. The Labute approximate surface area is 124 Å². The van der Waals surface area contributed by atoms with Crippen LogP contribution in [0.4, 0.5) is 0 Å². The van der Waals surface area contributed by atoms with Gasteiger partial charge < -0.3 is 4.74 Å². The van der Waals surface area contributed by atoms with E-state index >= 15 is 0 Å². The van der Waals surface area contributed by atoms with Gasteiger partial charge in [-0.1, -0.05) is 0 Å². The molecule has 0 aliphatic carbocycles. The van der Waals surface area contributed by atoms with Crippen LogP contribution in [-0.2, 0) is 16.0 Å². The summed E-state index contributed by atoms with van der Waals surface area (Å²) in [4.78, 5) is 20.5. The Kier molecular flexibility index (Phi) is 4.42. The fourth-order valence-electron chi connectivity index (χ4n) is 1.95. The van der Waals surface area contributed by atoms with Crippen molar-refractivity contribution in [3.8, 4) is 0 Å². The molecule has 2 heterocycles. The first kappa shape index (κ1) is 14.3. The topological polar surface area (TPSA) is 57.0 Å². The van der Waals surface area contributed by atoms with E-state index in [1.54, 1.807) is 17.7 Å². The average Bonchev–Trinajstić information content (AvgIpc) is 2.74. The molecule has 0 aliphatic heterocycles. The molecule has 2 aromatic heterocycles. The van der Waals surface area contributed by atoms with E-state index in [1.807, 2.05) is 6.07 Å². The summed E-state index contributed by atoms with van der Waals surface area (Å²) < 4.78 is 7.40. The molecule has 5 nitrogen and oxygen atoms in total. The second-order valence-corrected chi connectivity index (χ2v) is 5.33. The molecule has 19 heavy (non-hydrogen) atoms. The fourth-order valence-corrected chi connectivity index (χ4v) is 2.44. The predicted molar refractivity (Wildman–Crippen MR) is 76.4 cm³/mol. The van der Waals surface area contributed by atoms with Crippen molar-refractivity contribution < 1.29 is 9.53 Å². The third-order valence-electron chi connectivity index (χ3n) is 2.82. The van der Waals surface area contributed by atoms with Gasteiger partial charge in [0, 0.05) is 23.0 Å². The van der Waals surface area contributed by atoms with E-state index in [-0.39, 0.29) is 5.97 Å². The zero-order valence-electron chi connectivity index (χ0n) is 10.6. The summed E-state index contributed by atoms with van der Waals surface area (Å²) in [6.45, 7) is 1.76. The number of rotatable bonds is 4. The van der Waals surface area contributed by atoms with Crippen molar-refractivity contribution in [3.05, 3.63) is 22.6 Å². The van der Waals surface area contributed by atoms with Crippen molar-refractivity contribution >= 4 is 44.7 Å². The number of halogens is 2. The number of esters is 1. The molecule has 7 heteroatoms. The van der Waals surface area contributed by atoms with E-state index in [1.165, 1.54) is 7.11 Å². The maximum absolute atomic E-state index is 11.7. The Bertz CT molecular complexity index is 614. The standard InChI is InChI=1S/C12H13BrClN3O2/c1-7(12(18)19-2)17-10(3-4-14)16-9-5-8(13)6-15-11(9)17/h5-7H,3-4H2,1-2H3. The normalized spacial score (nSPS) is 12.6. The number of nitrogens with zero attached hydrogens (tertiary/aromatic N) is 3. The number of ether oxygens (including phenoxy) is 1. The van der Waals surface area contributed by atoms with Crippen molar-refractivity contribution in [1.29, 1.82) is 0 Å². The Morgan fingerprint density at radius 1 is 1.63 bits per heavy atom. The zero-order valence-corrected chi connectivity index (χ0v) is 12.9. The molecule has 102 valence electrons. The summed E-state index contributed by atoms with van der Waals surface area (Å²) in [5.74, 6) is 0.826. The lowest BCUT2D eigenvalue weighted by atomic mass is 10.3. The third-order valence-corrected chi connectivity index (χ3v) is 3.44. The summed E-state index contributed by atoms with van der Waals surface area (Å²) in [6.07, 6.45) is 2.24. The molecule has 0 saturated heterocycles. The quantitative estimate of drug-likeness (QED) is 0.631. The van der Waals surface area contributed by atoms with E-state index in [9.17, 15) is 4.79 Å². The smallest absolute Gasteiger partial charge is 0.328 e. The predicted octanol–water partition coefficient (Wildman–Crippen LogP) is 2.71. The van der Waals surface area contributed by atoms with E-state index in [0.29, 0.717) is 17.9 Å². The second kappa shape index (κ2) is 5.88. The van der Waals surface area contributed by atoms with Gasteiger partial charge in [-0.15, -0.1) is 11.6 Å². The minimum Gasteiger partial charge on any atom is -0.467 e. The molecular formula is C12H13BrClN3O2. The van der Waals surface area contributed by atoms with Crippen LogP contribution < -0.4 is 0 Å². The van der Waals surface area contributed by atoms with Crippen molar-refractivity contribution in [1.82, 2.24) is 14.5 Å². The molecule has 0 spiro atoms. The van der Waals surface area contributed by atoms with Crippen LogP contribution in [0.25, 0.3) is 11.2 Å². The number of imidazole rings is 1. The van der Waals surface area contributed by atoms with Crippen LogP contribution in [0, 0.1) is 0 Å². The summed E-state index contributed by atoms with van der Waals surface area (Å²) in [5, 5.41) is 0. The molecule has 1 atom stereocenters. The zero-order chi connectivity index (χ0) is 14.0. The summed E-state index contributed by atoms with van der Waals surface area (Å²) in [6, 6.07) is 1.38. The van der Waals surface area contributed by atoms with Gasteiger partial charge >= 0.3 is 5.97 Å². The summed E-state index contributed by atoms with van der Waals surface area (Å²) >= 11 is 9.14. The van der Waals surface area contributed by atoms with Crippen molar-refractivity contribution in [3.63, 3.8) is 0 Å². The third kappa shape index (κ3) is 2.74. The van der Waals surface area contributed by atoms with E-state index < -0.39 is 6.04 Å². The molecule has 1 unspecified atom stereocenters. The number of alkyl halides is 1.